The second kappa shape index (κ2) is 7.74. The summed E-state index contributed by atoms with van der Waals surface area (Å²) in [4.78, 5) is 0. The van der Waals surface area contributed by atoms with Gasteiger partial charge in [-0.15, -0.1) is 0 Å². The molecule has 0 amide bonds. The third-order valence-electron chi connectivity index (χ3n) is 1.36. The van der Waals surface area contributed by atoms with Crippen molar-refractivity contribution in [3.05, 3.63) is 19.1 Å². The van der Waals surface area contributed by atoms with Crippen LogP contribution in [0.1, 0.15) is 39.0 Å². The van der Waals surface area contributed by atoms with Gasteiger partial charge in [0.15, 0.2) is 0 Å². The van der Waals surface area contributed by atoms with Crippen LogP contribution < -0.4 is 0 Å². The largest absolute Gasteiger partial charge is 0.0917 e. The van der Waals surface area contributed by atoms with Crippen LogP contribution in [-0.4, -0.2) is 0 Å². The molecule has 0 saturated carbocycles. The van der Waals surface area contributed by atoms with Gasteiger partial charge in [0.05, 0.1) is 0 Å². The normalized spacial score (nSPS) is 10.9. The summed E-state index contributed by atoms with van der Waals surface area (Å²) in [6, 6.07) is 0. The maximum atomic E-state index is 3.79. The number of rotatable bonds is 5. The molecule has 0 bridgehead atoms. The van der Waals surface area contributed by atoms with E-state index in [-0.39, 0.29) is 0 Å². The Morgan fingerprint density at radius 1 is 1.22 bits per heavy atom. The van der Waals surface area contributed by atoms with E-state index in [1.807, 2.05) is 0 Å². The SMILES string of the molecule is [CH2]CCCCCC=CC. The monoisotopic (exact) mass is 125 g/mol. The second-order valence-electron chi connectivity index (χ2n) is 2.27. The minimum Gasteiger partial charge on any atom is -0.0917 e. The van der Waals surface area contributed by atoms with Crippen LogP contribution in [0.3, 0.4) is 0 Å². The molecule has 0 aliphatic carbocycles. The molecule has 0 heteroatoms. The highest BCUT2D eigenvalue weighted by molar-refractivity contribution is 4.76. The van der Waals surface area contributed by atoms with E-state index >= 15 is 0 Å². The van der Waals surface area contributed by atoms with Gasteiger partial charge in [0.25, 0.3) is 0 Å². The first-order chi connectivity index (χ1) is 4.41. The topological polar surface area (TPSA) is 0 Å². The molecular weight excluding hydrogens is 108 g/mol. The molecule has 0 N–H and O–H groups in total. The Morgan fingerprint density at radius 2 is 2.00 bits per heavy atom. The molecule has 0 aromatic heterocycles. The van der Waals surface area contributed by atoms with E-state index in [1.165, 1.54) is 25.7 Å². The van der Waals surface area contributed by atoms with Gasteiger partial charge in [-0.05, 0) is 19.8 Å². The lowest BCUT2D eigenvalue weighted by Crippen LogP contribution is -1.72. The maximum Gasteiger partial charge on any atom is -0.0351 e. The summed E-state index contributed by atoms with van der Waals surface area (Å²) in [6.45, 7) is 5.86. The van der Waals surface area contributed by atoms with Crippen LogP contribution in [0.15, 0.2) is 12.2 Å². The number of hydrogen-bond acceptors (Lipinski definition) is 0. The molecule has 0 aliphatic rings. The van der Waals surface area contributed by atoms with Crippen LogP contribution in [0, 0.1) is 6.92 Å². The van der Waals surface area contributed by atoms with Gasteiger partial charge in [-0.25, -0.2) is 0 Å². The first-order valence-electron chi connectivity index (χ1n) is 3.82. The van der Waals surface area contributed by atoms with Crippen molar-refractivity contribution in [2.75, 3.05) is 0 Å². The quantitative estimate of drug-likeness (QED) is 0.390. The molecular formula is C9H17. The second-order valence-corrected chi connectivity index (χ2v) is 2.27. The predicted molar refractivity (Wildman–Crippen MR) is 43.3 cm³/mol. The fourth-order valence-corrected chi connectivity index (χ4v) is 0.782. The third kappa shape index (κ3) is 7.74. The molecule has 0 aromatic carbocycles. The Hall–Kier alpha value is -0.260. The lowest BCUT2D eigenvalue weighted by atomic mass is 10.1. The average Bonchev–Trinajstić information content (AvgIpc) is 1.89. The summed E-state index contributed by atoms with van der Waals surface area (Å²) in [6.07, 6.45) is 10.6. The fraction of sp³-hybridized carbons (Fsp3) is 0.667. The molecule has 0 aromatic rings. The minimum atomic E-state index is 1.09. The molecule has 0 atom stereocenters. The van der Waals surface area contributed by atoms with Crippen molar-refractivity contribution >= 4 is 0 Å². The first-order valence-corrected chi connectivity index (χ1v) is 3.82. The van der Waals surface area contributed by atoms with Crippen molar-refractivity contribution in [2.24, 2.45) is 0 Å². The zero-order valence-electron chi connectivity index (χ0n) is 6.40. The van der Waals surface area contributed by atoms with Crippen LogP contribution in [-0.2, 0) is 0 Å². The molecule has 0 saturated heterocycles. The van der Waals surface area contributed by atoms with Crippen LogP contribution in [0.2, 0.25) is 0 Å². The van der Waals surface area contributed by atoms with Crippen molar-refractivity contribution in [1.82, 2.24) is 0 Å². The minimum absolute atomic E-state index is 1.09. The van der Waals surface area contributed by atoms with Crippen molar-refractivity contribution < 1.29 is 0 Å². The number of allylic oxidation sites excluding steroid dienone is 2. The number of unbranched alkanes of at least 4 members (excludes halogenated alkanes) is 4. The fourth-order valence-electron chi connectivity index (χ4n) is 0.782. The zero-order valence-corrected chi connectivity index (χ0v) is 6.40. The van der Waals surface area contributed by atoms with E-state index in [4.69, 9.17) is 0 Å². The van der Waals surface area contributed by atoms with Gasteiger partial charge in [-0.1, -0.05) is 38.3 Å². The van der Waals surface area contributed by atoms with Crippen molar-refractivity contribution in [1.29, 1.82) is 0 Å². The molecule has 0 nitrogen and oxygen atoms in total. The Labute approximate surface area is 59.0 Å². The highest BCUT2D eigenvalue weighted by Crippen LogP contribution is 2.01. The van der Waals surface area contributed by atoms with E-state index in [0.717, 1.165) is 6.42 Å². The summed E-state index contributed by atoms with van der Waals surface area (Å²) in [5.41, 5.74) is 0. The molecule has 0 unspecified atom stereocenters. The molecule has 0 aliphatic heterocycles. The third-order valence-corrected chi connectivity index (χ3v) is 1.36. The molecule has 0 heterocycles. The van der Waals surface area contributed by atoms with E-state index < -0.39 is 0 Å². The summed E-state index contributed by atoms with van der Waals surface area (Å²) >= 11 is 0. The molecule has 0 fully saturated rings. The van der Waals surface area contributed by atoms with Crippen molar-refractivity contribution in [2.45, 2.75) is 39.0 Å². The van der Waals surface area contributed by atoms with Crippen molar-refractivity contribution in [3.63, 3.8) is 0 Å². The Morgan fingerprint density at radius 3 is 2.56 bits per heavy atom. The number of hydrogen-bond donors (Lipinski definition) is 0. The van der Waals surface area contributed by atoms with Crippen LogP contribution in [0.25, 0.3) is 0 Å². The van der Waals surface area contributed by atoms with Gasteiger partial charge < -0.3 is 0 Å². The van der Waals surface area contributed by atoms with Gasteiger partial charge in [-0.3, -0.25) is 0 Å². The van der Waals surface area contributed by atoms with Crippen LogP contribution in [0.5, 0.6) is 0 Å². The summed E-state index contributed by atoms with van der Waals surface area (Å²) in [7, 11) is 0. The van der Waals surface area contributed by atoms with Crippen LogP contribution in [0.4, 0.5) is 0 Å². The predicted octanol–water partition coefficient (Wildman–Crippen LogP) is 3.35. The molecule has 1 radical (unpaired) electrons. The lowest BCUT2D eigenvalue weighted by molar-refractivity contribution is 0.695. The van der Waals surface area contributed by atoms with E-state index in [9.17, 15) is 0 Å². The highest BCUT2D eigenvalue weighted by atomic mass is 13.9. The molecule has 9 heavy (non-hydrogen) atoms. The van der Waals surface area contributed by atoms with Gasteiger partial charge in [0.2, 0.25) is 0 Å². The summed E-state index contributed by atoms with van der Waals surface area (Å²) < 4.78 is 0. The highest BCUT2D eigenvalue weighted by Gasteiger charge is 1.82. The molecule has 0 rings (SSSR count). The zero-order chi connectivity index (χ0) is 6.95. The van der Waals surface area contributed by atoms with Crippen LogP contribution >= 0.6 is 0 Å². The Bertz CT molecular complexity index is 62.4. The van der Waals surface area contributed by atoms with Gasteiger partial charge in [0, 0.05) is 0 Å². The Kier molecular flexibility index (Phi) is 7.52. The maximum absolute atomic E-state index is 3.79. The summed E-state index contributed by atoms with van der Waals surface area (Å²) in [5, 5.41) is 0. The van der Waals surface area contributed by atoms with Gasteiger partial charge >= 0.3 is 0 Å². The summed E-state index contributed by atoms with van der Waals surface area (Å²) in [5.74, 6) is 0. The standard InChI is InChI=1S/C9H17/c1-3-5-7-9-8-6-4-2/h4,6H,1,3,5,7-9H2,2H3. The lowest BCUT2D eigenvalue weighted by Gasteiger charge is -1.92. The molecule has 53 valence electrons. The first kappa shape index (κ1) is 8.74. The van der Waals surface area contributed by atoms with Crippen molar-refractivity contribution in [3.8, 4) is 0 Å². The van der Waals surface area contributed by atoms with Gasteiger partial charge in [-0.2, -0.15) is 0 Å². The smallest absolute Gasteiger partial charge is 0.0351 e. The van der Waals surface area contributed by atoms with E-state index in [2.05, 4.69) is 26.0 Å². The average molecular weight is 125 g/mol. The molecule has 0 spiro atoms. The van der Waals surface area contributed by atoms with Gasteiger partial charge in [0.1, 0.15) is 0 Å². The van der Waals surface area contributed by atoms with E-state index in [0.29, 0.717) is 0 Å². The Balaban J connectivity index is 2.75. The van der Waals surface area contributed by atoms with E-state index in [1.54, 1.807) is 0 Å².